The van der Waals surface area contributed by atoms with Gasteiger partial charge in [-0.1, -0.05) is 70.2 Å². The van der Waals surface area contributed by atoms with Crippen molar-refractivity contribution in [3.8, 4) is 5.75 Å². The number of nitrogens with one attached hydrogen (secondary N) is 8. The zero-order valence-electron chi connectivity index (χ0n) is 43.6. The van der Waals surface area contributed by atoms with Crippen LogP contribution >= 0.6 is 0 Å². The summed E-state index contributed by atoms with van der Waals surface area (Å²) in [6.07, 6.45) is 1.17. The van der Waals surface area contributed by atoms with Crippen LogP contribution in [0, 0.1) is 11.8 Å². The number of aliphatic hydroxyl groups excluding tert-OH is 1. The number of primary amides is 1. The minimum Gasteiger partial charge on any atom is -0.508 e. The molecule has 2 aromatic carbocycles. The summed E-state index contributed by atoms with van der Waals surface area (Å²) >= 11 is 0. The zero-order chi connectivity index (χ0) is 56.6. The van der Waals surface area contributed by atoms with Gasteiger partial charge in [-0.25, -0.2) is 0 Å². The lowest BCUT2D eigenvalue weighted by atomic mass is 10.0. The van der Waals surface area contributed by atoms with E-state index < -0.39 is 133 Å². The van der Waals surface area contributed by atoms with Crippen molar-refractivity contribution < 1.29 is 58.2 Å². The van der Waals surface area contributed by atoms with Crippen LogP contribution in [0.25, 0.3) is 0 Å². The van der Waals surface area contributed by atoms with Gasteiger partial charge in [0.2, 0.25) is 59.1 Å². The Morgan fingerprint density at radius 2 is 1.20 bits per heavy atom. The zero-order valence-corrected chi connectivity index (χ0v) is 43.6. The Labute approximate surface area is 441 Å². The molecule has 76 heavy (non-hydrogen) atoms. The smallest absolute Gasteiger partial charge is 0.245 e. The quantitative estimate of drug-likeness (QED) is 0.0201. The number of rotatable bonds is 30. The molecule has 0 saturated carbocycles. The topological polar surface area (TPSA) is 427 Å². The summed E-state index contributed by atoms with van der Waals surface area (Å²) in [7, 11) is 0. The molecule has 26 nitrogen and oxygen atoms in total. The fourth-order valence-corrected chi connectivity index (χ4v) is 8.05. The molecular formula is C50H76N14O12. The standard InChI is InChI=1S/C50H76N14O12/c1-27(2)21-34(61-47(74)38-14-10-20-64(38)49(76)29(5)51)45(72)62-37(26-65)44(71)57-24-39(67)58-36(22-30-11-7-6-8-12-30)46(73)60-35(23-31-15-17-32(66)18-16-31)43(70)56-25-40(68)63-41(28(3)4)48(75)59-33(42(52)69)13-9-19-55-50(53)54/h6-8,11-12,15-18,27-29,33-38,41,65-66H,9-10,13-14,19-26,51H2,1-5H3,(H2,52,69)(H,56,70)(H,57,71)(H,58,67)(H,59,75)(H,60,73)(H,61,74)(H,62,72)(H,63,68)(H4,53,54,55). The van der Waals surface area contributed by atoms with E-state index >= 15 is 0 Å². The first-order valence-corrected chi connectivity index (χ1v) is 25.1. The second kappa shape index (κ2) is 31.1. The molecule has 0 spiro atoms. The number of carbonyl (C=O) groups is 10. The summed E-state index contributed by atoms with van der Waals surface area (Å²) in [4.78, 5) is 138. The fourth-order valence-electron chi connectivity index (χ4n) is 8.05. The molecule has 10 amide bonds. The largest absolute Gasteiger partial charge is 0.508 e. The Morgan fingerprint density at radius 3 is 1.75 bits per heavy atom. The highest BCUT2D eigenvalue weighted by Gasteiger charge is 2.38. The van der Waals surface area contributed by atoms with Gasteiger partial charge in [-0.2, -0.15) is 0 Å². The lowest BCUT2D eigenvalue weighted by Crippen LogP contribution is -2.59. The molecule has 0 aliphatic carbocycles. The number of phenolic OH excluding ortho intramolecular Hbond substituents is 1. The van der Waals surface area contributed by atoms with E-state index in [2.05, 4.69) is 47.5 Å². The van der Waals surface area contributed by atoms with Crippen molar-refractivity contribution in [3.63, 3.8) is 0 Å². The number of hydrogen-bond donors (Lipinski definition) is 14. The summed E-state index contributed by atoms with van der Waals surface area (Å²) in [6, 6.07) is 4.75. The predicted molar refractivity (Wildman–Crippen MR) is 278 cm³/mol. The molecule has 1 heterocycles. The lowest BCUT2D eigenvalue weighted by molar-refractivity contribution is -0.140. The molecule has 18 N–H and O–H groups in total. The highest BCUT2D eigenvalue weighted by molar-refractivity contribution is 5.98. The molecule has 1 fully saturated rings. The van der Waals surface area contributed by atoms with Crippen molar-refractivity contribution in [2.24, 2.45) is 39.8 Å². The van der Waals surface area contributed by atoms with Crippen LogP contribution in [0.1, 0.15) is 77.8 Å². The van der Waals surface area contributed by atoms with E-state index in [4.69, 9.17) is 22.9 Å². The van der Waals surface area contributed by atoms with Gasteiger partial charge >= 0.3 is 0 Å². The Bertz CT molecular complexity index is 2350. The fraction of sp³-hybridized carbons (Fsp3) is 0.540. The number of aromatic hydroxyl groups is 1. The van der Waals surface area contributed by atoms with Crippen molar-refractivity contribution in [1.29, 1.82) is 0 Å². The molecule has 1 aliphatic heterocycles. The molecule has 3 rings (SSSR count). The number of nitrogens with zero attached hydrogens (tertiary/aromatic N) is 2. The van der Waals surface area contributed by atoms with Crippen LogP contribution < -0.4 is 65.5 Å². The van der Waals surface area contributed by atoms with Gasteiger partial charge in [0, 0.05) is 25.9 Å². The van der Waals surface area contributed by atoms with Crippen LogP contribution in [-0.4, -0.2) is 161 Å². The Morgan fingerprint density at radius 1 is 0.658 bits per heavy atom. The first-order valence-electron chi connectivity index (χ1n) is 25.1. The summed E-state index contributed by atoms with van der Waals surface area (Å²) in [5, 5.41) is 40.2. The number of aliphatic imine (C=N–C) groups is 1. The van der Waals surface area contributed by atoms with Gasteiger partial charge in [0.05, 0.1) is 25.7 Å². The highest BCUT2D eigenvalue weighted by atomic mass is 16.3. The van der Waals surface area contributed by atoms with Crippen molar-refractivity contribution in [1.82, 2.24) is 47.4 Å². The van der Waals surface area contributed by atoms with Crippen molar-refractivity contribution in [2.45, 2.75) is 128 Å². The van der Waals surface area contributed by atoms with Crippen LogP contribution in [0.5, 0.6) is 5.75 Å². The number of likely N-dealkylation sites (tertiary alicyclic amines) is 1. The summed E-state index contributed by atoms with van der Waals surface area (Å²) in [5.41, 5.74) is 23.0. The van der Waals surface area contributed by atoms with Gasteiger partial charge in [0.1, 0.15) is 48.0 Å². The summed E-state index contributed by atoms with van der Waals surface area (Å²) in [5.74, 6) is -8.54. The maximum Gasteiger partial charge on any atom is 0.245 e. The number of guanidine groups is 1. The molecular weight excluding hydrogens is 989 g/mol. The van der Waals surface area contributed by atoms with Gasteiger partial charge in [-0.3, -0.25) is 52.9 Å². The van der Waals surface area contributed by atoms with Gasteiger partial charge in [-0.05, 0) is 74.1 Å². The summed E-state index contributed by atoms with van der Waals surface area (Å²) < 4.78 is 0. The number of benzene rings is 2. The summed E-state index contributed by atoms with van der Waals surface area (Å²) in [6.45, 7) is 6.59. The third-order valence-corrected chi connectivity index (χ3v) is 12.0. The minimum atomic E-state index is -1.58. The van der Waals surface area contributed by atoms with E-state index in [0.717, 1.165) is 0 Å². The van der Waals surface area contributed by atoms with Gasteiger partial charge < -0.3 is 80.6 Å². The molecule has 2 aromatic rings. The first kappa shape index (κ1) is 62.4. The predicted octanol–water partition coefficient (Wildman–Crippen LogP) is -4.11. The lowest BCUT2D eigenvalue weighted by Gasteiger charge is -2.28. The Kier molecular flexibility index (Phi) is 25.6. The average molecular weight is 1070 g/mol. The molecule has 418 valence electrons. The van der Waals surface area contributed by atoms with Crippen LogP contribution in [0.15, 0.2) is 59.6 Å². The number of hydrogen-bond acceptors (Lipinski definition) is 14. The normalized spacial score (nSPS) is 15.8. The molecule has 8 atom stereocenters. The van der Waals surface area contributed by atoms with Crippen molar-refractivity contribution in [2.75, 3.05) is 32.8 Å². The first-order chi connectivity index (χ1) is 35.9. The number of amides is 10. The number of carbonyl (C=O) groups excluding carboxylic acids is 10. The van der Waals surface area contributed by atoms with E-state index in [1.54, 1.807) is 44.2 Å². The van der Waals surface area contributed by atoms with E-state index in [0.29, 0.717) is 36.9 Å². The third-order valence-electron chi connectivity index (χ3n) is 12.0. The molecule has 0 radical (unpaired) electrons. The van der Waals surface area contributed by atoms with Crippen molar-refractivity contribution in [3.05, 3.63) is 65.7 Å². The molecule has 1 saturated heterocycles. The number of nitrogens with two attached hydrogens (primary N) is 4. The molecule has 26 heteroatoms. The van der Waals surface area contributed by atoms with E-state index in [1.165, 1.54) is 36.1 Å². The monoisotopic (exact) mass is 1060 g/mol. The highest BCUT2D eigenvalue weighted by Crippen LogP contribution is 2.19. The Hall–Kier alpha value is -7.87. The number of phenols is 1. The van der Waals surface area contributed by atoms with Crippen LogP contribution in [-0.2, 0) is 60.8 Å². The van der Waals surface area contributed by atoms with Crippen LogP contribution in [0.4, 0.5) is 0 Å². The van der Waals surface area contributed by atoms with Gasteiger partial charge in [0.15, 0.2) is 5.96 Å². The molecule has 0 bridgehead atoms. The van der Waals surface area contributed by atoms with E-state index in [1.807, 2.05) is 13.8 Å². The van der Waals surface area contributed by atoms with E-state index in [-0.39, 0.29) is 49.9 Å². The molecule has 0 aromatic heterocycles. The maximum atomic E-state index is 14.2. The van der Waals surface area contributed by atoms with Crippen molar-refractivity contribution >= 4 is 65.0 Å². The average Bonchev–Trinajstić information content (AvgIpc) is 3.86. The maximum absolute atomic E-state index is 14.2. The second-order valence-electron chi connectivity index (χ2n) is 19.3. The second-order valence-corrected chi connectivity index (χ2v) is 19.3. The van der Waals surface area contributed by atoms with Crippen LogP contribution in [0.3, 0.4) is 0 Å². The number of aliphatic hydroxyl groups is 1. The van der Waals surface area contributed by atoms with Gasteiger partial charge in [0.25, 0.3) is 0 Å². The van der Waals surface area contributed by atoms with Gasteiger partial charge in [-0.15, -0.1) is 0 Å². The molecule has 8 unspecified atom stereocenters. The third kappa shape index (κ3) is 21.2. The SMILES string of the molecule is CC(C)CC(NC(=O)C1CCCN1C(=O)C(C)N)C(=O)NC(CO)C(=O)NCC(=O)NC(Cc1ccccc1)C(=O)NC(Cc1ccc(O)cc1)C(=O)NCC(=O)NC(C(=O)NC(CCCN=C(N)N)C(N)=O)C(C)C. The minimum absolute atomic E-state index is 0.0732. The van der Waals surface area contributed by atoms with E-state index in [9.17, 15) is 58.2 Å². The molecule has 1 aliphatic rings. The van der Waals surface area contributed by atoms with Crippen LogP contribution in [0.2, 0.25) is 0 Å². The Balaban J connectivity index is 1.73.